The highest BCUT2D eigenvalue weighted by Gasteiger charge is 2.13. The molecule has 0 radical (unpaired) electrons. The number of nitrogens with one attached hydrogen (secondary N) is 2. The summed E-state index contributed by atoms with van der Waals surface area (Å²) in [5, 5.41) is 9.94. The lowest BCUT2D eigenvalue weighted by Gasteiger charge is -2.13. The van der Waals surface area contributed by atoms with Gasteiger partial charge in [0.05, 0.1) is 6.20 Å². The third kappa shape index (κ3) is 4.56. The standard InChI is InChI=1S/C21H22N4O3/c1-3-13-22-20(26)15-9-11-16(12-10-15)24-19-18(14-23-25(2)21(19)27)28-17-7-5-4-6-8-17/h4-12,14,24H,3,13H2,1-2H3,(H,22,26). The summed E-state index contributed by atoms with van der Waals surface area (Å²) in [7, 11) is 1.57. The molecule has 1 aromatic heterocycles. The van der Waals surface area contributed by atoms with Gasteiger partial charge in [0.2, 0.25) is 0 Å². The predicted octanol–water partition coefficient (Wildman–Crippen LogP) is 3.46. The van der Waals surface area contributed by atoms with Crippen molar-refractivity contribution >= 4 is 17.3 Å². The van der Waals surface area contributed by atoms with Crippen molar-refractivity contribution in [2.45, 2.75) is 13.3 Å². The third-order valence-electron chi connectivity index (χ3n) is 4.03. The molecule has 0 saturated heterocycles. The summed E-state index contributed by atoms with van der Waals surface area (Å²) < 4.78 is 7.05. The first-order chi connectivity index (χ1) is 13.6. The van der Waals surface area contributed by atoms with Gasteiger partial charge in [0, 0.05) is 24.8 Å². The van der Waals surface area contributed by atoms with Crippen molar-refractivity contribution in [3.05, 3.63) is 76.7 Å². The molecule has 0 aliphatic rings. The second-order valence-electron chi connectivity index (χ2n) is 6.19. The first-order valence-corrected chi connectivity index (χ1v) is 9.03. The highest BCUT2D eigenvalue weighted by atomic mass is 16.5. The SMILES string of the molecule is CCCNC(=O)c1ccc(Nc2c(Oc3ccccc3)cnn(C)c2=O)cc1. The lowest BCUT2D eigenvalue weighted by atomic mass is 10.2. The predicted molar refractivity (Wildman–Crippen MR) is 108 cm³/mol. The van der Waals surface area contributed by atoms with Gasteiger partial charge in [0.15, 0.2) is 11.4 Å². The summed E-state index contributed by atoms with van der Waals surface area (Å²) in [6, 6.07) is 16.1. The Bertz CT molecular complexity index is 998. The molecule has 2 aromatic carbocycles. The Morgan fingerprint density at radius 3 is 2.50 bits per heavy atom. The number of para-hydroxylation sites is 1. The normalized spacial score (nSPS) is 10.4. The largest absolute Gasteiger partial charge is 0.453 e. The van der Waals surface area contributed by atoms with Crippen molar-refractivity contribution in [1.82, 2.24) is 15.1 Å². The Morgan fingerprint density at radius 2 is 1.82 bits per heavy atom. The Labute approximate surface area is 163 Å². The minimum Gasteiger partial charge on any atom is -0.453 e. The van der Waals surface area contributed by atoms with Gasteiger partial charge in [-0.05, 0) is 42.8 Å². The number of aromatic nitrogens is 2. The van der Waals surface area contributed by atoms with Gasteiger partial charge in [0.25, 0.3) is 11.5 Å². The van der Waals surface area contributed by atoms with E-state index in [1.54, 1.807) is 43.4 Å². The van der Waals surface area contributed by atoms with E-state index < -0.39 is 0 Å². The number of ether oxygens (including phenoxy) is 1. The zero-order chi connectivity index (χ0) is 19.9. The first kappa shape index (κ1) is 19.2. The van der Waals surface area contributed by atoms with Gasteiger partial charge in [-0.2, -0.15) is 5.10 Å². The maximum atomic E-state index is 12.6. The molecule has 28 heavy (non-hydrogen) atoms. The monoisotopic (exact) mass is 378 g/mol. The molecular weight excluding hydrogens is 356 g/mol. The van der Waals surface area contributed by atoms with Crippen molar-refractivity contribution in [2.24, 2.45) is 7.05 Å². The number of carbonyl (C=O) groups excluding carboxylic acids is 1. The average molecular weight is 378 g/mol. The van der Waals surface area contributed by atoms with Crippen molar-refractivity contribution < 1.29 is 9.53 Å². The lowest BCUT2D eigenvalue weighted by Crippen LogP contribution is -2.24. The van der Waals surface area contributed by atoms with Crippen LogP contribution < -0.4 is 20.9 Å². The molecule has 0 atom stereocenters. The number of aryl methyl sites for hydroxylation is 1. The van der Waals surface area contributed by atoms with E-state index in [-0.39, 0.29) is 17.2 Å². The maximum Gasteiger partial charge on any atom is 0.294 e. The molecule has 3 aromatic rings. The molecule has 144 valence electrons. The molecule has 1 amide bonds. The van der Waals surface area contributed by atoms with Crippen LogP contribution in [0.2, 0.25) is 0 Å². The Kier molecular flexibility index (Phi) is 6.06. The van der Waals surface area contributed by atoms with E-state index in [1.165, 1.54) is 10.9 Å². The maximum absolute atomic E-state index is 12.6. The van der Waals surface area contributed by atoms with Crippen molar-refractivity contribution in [1.29, 1.82) is 0 Å². The fourth-order valence-electron chi connectivity index (χ4n) is 2.52. The summed E-state index contributed by atoms with van der Waals surface area (Å²) in [6.45, 7) is 2.63. The van der Waals surface area contributed by atoms with Gasteiger partial charge in [0.1, 0.15) is 5.75 Å². The molecule has 7 nitrogen and oxygen atoms in total. The molecule has 2 N–H and O–H groups in total. The topological polar surface area (TPSA) is 85.2 Å². The number of hydrogen-bond donors (Lipinski definition) is 2. The molecule has 0 bridgehead atoms. The van der Waals surface area contributed by atoms with Crippen LogP contribution in [0.4, 0.5) is 11.4 Å². The summed E-state index contributed by atoms with van der Waals surface area (Å²) in [4.78, 5) is 24.6. The molecule has 0 unspecified atom stereocenters. The smallest absolute Gasteiger partial charge is 0.294 e. The number of carbonyl (C=O) groups is 1. The van der Waals surface area contributed by atoms with E-state index in [0.29, 0.717) is 29.3 Å². The van der Waals surface area contributed by atoms with Gasteiger partial charge >= 0.3 is 0 Å². The summed E-state index contributed by atoms with van der Waals surface area (Å²) in [5.41, 5.74) is 1.17. The molecule has 0 saturated carbocycles. The van der Waals surface area contributed by atoms with Crippen LogP contribution in [0.3, 0.4) is 0 Å². The first-order valence-electron chi connectivity index (χ1n) is 9.03. The molecule has 7 heteroatoms. The van der Waals surface area contributed by atoms with Crippen LogP contribution >= 0.6 is 0 Å². The minimum atomic E-state index is -0.321. The summed E-state index contributed by atoms with van der Waals surface area (Å²) >= 11 is 0. The zero-order valence-electron chi connectivity index (χ0n) is 15.8. The van der Waals surface area contributed by atoms with E-state index in [1.807, 2.05) is 25.1 Å². The highest BCUT2D eigenvalue weighted by Crippen LogP contribution is 2.28. The van der Waals surface area contributed by atoms with Crippen LogP contribution in [0.15, 0.2) is 65.6 Å². The number of hydrogen-bond acceptors (Lipinski definition) is 5. The minimum absolute atomic E-state index is 0.124. The van der Waals surface area contributed by atoms with E-state index in [9.17, 15) is 9.59 Å². The lowest BCUT2D eigenvalue weighted by molar-refractivity contribution is 0.0953. The third-order valence-corrected chi connectivity index (χ3v) is 4.03. The van der Waals surface area contributed by atoms with Crippen molar-refractivity contribution in [3.8, 4) is 11.5 Å². The van der Waals surface area contributed by atoms with Crippen LogP contribution in [0, 0.1) is 0 Å². The summed E-state index contributed by atoms with van der Waals surface area (Å²) in [6.07, 6.45) is 2.37. The molecule has 0 aliphatic carbocycles. The van der Waals surface area contributed by atoms with Crippen LogP contribution in [0.25, 0.3) is 0 Å². The highest BCUT2D eigenvalue weighted by molar-refractivity contribution is 5.94. The second kappa shape index (κ2) is 8.85. The van der Waals surface area contributed by atoms with Crippen LogP contribution in [-0.4, -0.2) is 22.2 Å². The van der Waals surface area contributed by atoms with Crippen LogP contribution in [-0.2, 0) is 7.05 Å². The summed E-state index contributed by atoms with van der Waals surface area (Å²) in [5.74, 6) is 0.795. The van der Waals surface area contributed by atoms with Gasteiger partial charge in [-0.15, -0.1) is 0 Å². The van der Waals surface area contributed by atoms with Crippen molar-refractivity contribution in [3.63, 3.8) is 0 Å². The molecule has 0 fully saturated rings. The van der Waals surface area contributed by atoms with E-state index in [4.69, 9.17) is 4.74 Å². The van der Waals surface area contributed by atoms with E-state index in [0.717, 1.165) is 6.42 Å². The molecule has 0 aliphatic heterocycles. The van der Waals surface area contributed by atoms with E-state index >= 15 is 0 Å². The fourth-order valence-corrected chi connectivity index (χ4v) is 2.52. The number of nitrogens with zero attached hydrogens (tertiary/aromatic N) is 2. The Morgan fingerprint density at radius 1 is 1.11 bits per heavy atom. The van der Waals surface area contributed by atoms with Gasteiger partial charge in [-0.25, -0.2) is 4.68 Å². The molecular formula is C21H22N4O3. The zero-order valence-corrected chi connectivity index (χ0v) is 15.8. The van der Waals surface area contributed by atoms with Crippen LogP contribution in [0.1, 0.15) is 23.7 Å². The number of rotatable bonds is 7. The molecule has 1 heterocycles. The Balaban J connectivity index is 1.84. The molecule has 0 spiro atoms. The number of anilines is 2. The second-order valence-corrected chi connectivity index (χ2v) is 6.19. The quantitative estimate of drug-likeness (QED) is 0.658. The van der Waals surface area contributed by atoms with Crippen LogP contribution in [0.5, 0.6) is 11.5 Å². The Hall–Kier alpha value is -3.61. The van der Waals surface area contributed by atoms with E-state index in [2.05, 4.69) is 15.7 Å². The fraction of sp³-hybridized carbons (Fsp3) is 0.190. The number of benzene rings is 2. The average Bonchev–Trinajstić information content (AvgIpc) is 2.73. The number of amides is 1. The van der Waals surface area contributed by atoms with Gasteiger partial charge < -0.3 is 15.4 Å². The molecule has 3 rings (SSSR count). The van der Waals surface area contributed by atoms with Gasteiger partial charge in [-0.1, -0.05) is 25.1 Å². The van der Waals surface area contributed by atoms with Crippen molar-refractivity contribution in [2.75, 3.05) is 11.9 Å². The van der Waals surface area contributed by atoms with Gasteiger partial charge in [-0.3, -0.25) is 9.59 Å².